The van der Waals surface area contributed by atoms with Crippen molar-refractivity contribution in [3.05, 3.63) is 47.0 Å². The molecule has 0 saturated heterocycles. The molecule has 17 heavy (non-hydrogen) atoms. The first-order chi connectivity index (χ1) is 8.00. The van der Waals surface area contributed by atoms with Gasteiger partial charge in [-0.1, -0.05) is 18.2 Å². The zero-order valence-electron chi connectivity index (χ0n) is 10.3. The van der Waals surface area contributed by atoms with Crippen molar-refractivity contribution in [2.75, 3.05) is 0 Å². The molecule has 2 aromatic rings. The van der Waals surface area contributed by atoms with Gasteiger partial charge in [-0.05, 0) is 60.7 Å². The number of aromatic hydroxyl groups is 2. The van der Waals surface area contributed by atoms with E-state index in [-0.39, 0.29) is 5.75 Å². The lowest BCUT2D eigenvalue weighted by Gasteiger charge is -2.13. The van der Waals surface area contributed by atoms with Gasteiger partial charge in [-0.3, -0.25) is 0 Å². The number of aryl methyl sites for hydroxylation is 1. The number of benzene rings is 2. The Bertz CT molecular complexity index is 554. The van der Waals surface area contributed by atoms with Crippen molar-refractivity contribution in [3.63, 3.8) is 0 Å². The lowest BCUT2D eigenvalue weighted by molar-refractivity contribution is 0.466. The van der Waals surface area contributed by atoms with Crippen LogP contribution in [0.5, 0.6) is 11.5 Å². The molecule has 0 heterocycles. The number of phenolic OH excluding ortho intramolecular Hbond substituents is 2. The second kappa shape index (κ2) is 4.13. The molecule has 0 bridgehead atoms. The number of rotatable bonds is 1. The number of phenols is 2. The first-order valence-electron chi connectivity index (χ1n) is 5.60. The minimum Gasteiger partial charge on any atom is -0.508 e. The van der Waals surface area contributed by atoms with Gasteiger partial charge in [0.1, 0.15) is 11.5 Å². The lowest BCUT2D eigenvalue weighted by Crippen LogP contribution is -1.90. The minimum absolute atomic E-state index is 0.249. The van der Waals surface area contributed by atoms with Gasteiger partial charge in [0.25, 0.3) is 0 Å². The molecule has 0 amide bonds. The van der Waals surface area contributed by atoms with Crippen LogP contribution in [-0.2, 0) is 0 Å². The molecule has 0 spiro atoms. The fourth-order valence-corrected chi connectivity index (χ4v) is 1.97. The van der Waals surface area contributed by atoms with Gasteiger partial charge < -0.3 is 10.2 Å². The van der Waals surface area contributed by atoms with Crippen LogP contribution in [0.15, 0.2) is 30.3 Å². The summed E-state index contributed by atoms with van der Waals surface area (Å²) in [6.45, 7) is 5.81. The molecule has 2 N–H and O–H groups in total. The maximum absolute atomic E-state index is 10.0. The van der Waals surface area contributed by atoms with E-state index in [1.165, 1.54) is 0 Å². The van der Waals surface area contributed by atoms with E-state index < -0.39 is 0 Å². The monoisotopic (exact) mass is 228 g/mol. The van der Waals surface area contributed by atoms with Crippen LogP contribution in [0.2, 0.25) is 0 Å². The summed E-state index contributed by atoms with van der Waals surface area (Å²) in [6.07, 6.45) is 0. The molecule has 0 fully saturated rings. The predicted octanol–water partition coefficient (Wildman–Crippen LogP) is 3.69. The number of hydrogen-bond acceptors (Lipinski definition) is 2. The molecule has 2 rings (SSSR count). The Morgan fingerprint density at radius 2 is 1.41 bits per heavy atom. The normalized spacial score (nSPS) is 10.5. The molecule has 2 nitrogen and oxygen atoms in total. The standard InChI is InChI=1S/C15H16O2/c1-9-8-14(11(3)15(17)10(9)2)12-4-6-13(16)7-5-12/h4-8,16-17H,1-3H3. The Hall–Kier alpha value is -1.96. The van der Waals surface area contributed by atoms with Crippen LogP contribution >= 0.6 is 0 Å². The highest BCUT2D eigenvalue weighted by Gasteiger charge is 2.10. The molecule has 0 aliphatic carbocycles. The summed E-state index contributed by atoms with van der Waals surface area (Å²) >= 11 is 0. The van der Waals surface area contributed by atoms with Crippen LogP contribution in [0, 0.1) is 20.8 Å². The van der Waals surface area contributed by atoms with E-state index in [9.17, 15) is 10.2 Å². The first kappa shape index (κ1) is 11.5. The molecule has 88 valence electrons. The fourth-order valence-electron chi connectivity index (χ4n) is 1.97. The highest BCUT2D eigenvalue weighted by Crippen LogP contribution is 2.34. The van der Waals surface area contributed by atoms with Gasteiger partial charge in [-0.15, -0.1) is 0 Å². The maximum Gasteiger partial charge on any atom is 0.122 e. The SMILES string of the molecule is Cc1cc(-c2ccc(O)cc2)c(C)c(O)c1C. The van der Waals surface area contributed by atoms with Crippen LogP contribution < -0.4 is 0 Å². The smallest absolute Gasteiger partial charge is 0.122 e. The van der Waals surface area contributed by atoms with Crippen molar-refractivity contribution in [2.24, 2.45) is 0 Å². The largest absolute Gasteiger partial charge is 0.508 e. The zero-order valence-corrected chi connectivity index (χ0v) is 10.3. The van der Waals surface area contributed by atoms with E-state index >= 15 is 0 Å². The van der Waals surface area contributed by atoms with Gasteiger partial charge in [0.05, 0.1) is 0 Å². The third-order valence-electron chi connectivity index (χ3n) is 3.25. The van der Waals surface area contributed by atoms with Crippen LogP contribution in [0.1, 0.15) is 16.7 Å². The van der Waals surface area contributed by atoms with Crippen molar-refractivity contribution in [1.82, 2.24) is 0 Å². The summed E-state index contributed by atoms with van der Waals surface area (Å²) in [5.41, 5.74) is 4.87. The Kier molecular flexibility index (Phi) is 2.80. The zero-order chi connectivity index (χ0) is 12.6. The Balaban J connectivity index is 2.64. The van der Waals surface area contributed by atoms with Gasteiger partial charge in [0.2, 0.25) is 0 Å². The summed E-state index contributed by atoms with van der Waals surface area (Å²) < 4.78 is 0. The highest BCUT2D eigenvalue weighted by atomic mass is 16.3. The van der Waals surface area contributed by atoms with Gasteiger partial charge >= 0.3 is 0 Å². The van der Waals surface area contributed by atoms with Gasteiger partial charge in [-0.2, -0.15) is 0 Å². The van der Waals surface area contributed by atoms with Crippen molar-refractivity contribution >= 4 is 0 Å². The molecule has 0 saturated carbocycles. The molecule has 2 heteroatoms. The van der Waals surface area contributed by atoms with Crippen LogP contribution in [0.25, 0.3) is 11.1 Å². The Morgan fingerprint density at radius 1 is 0.824 bits per heavy atom. The average molecular weight is 228 g/mol. The third kappa shape index (κ3) is 1.98. The average Bonchev–Trinajstić information content (AvgIpc) is 2.32. The molecular weight excluding hydrogens is 212 g/mol. The summed E-state index contributed by atoms with van der Waals surface area (Å²) in [5, 5.41) is 19.3. The fraction of sp³-hybridized carbons (Fsp3) is 0.200. The molecule has 0 radical (unpaired) electrons. The quantitative estimate of drug-likeness (QED) is 0.781. The van der Waals surface area contributed by atoms with Crippen LogP contribution in [0.3, 0.4) is 0 Å². The molecule has 2 aromatic carbocycles. The summed E-state index contributed by atoms with van der Waals surface area (Å²) in [4.78, 5) is 0. The maximum atomic E-state index is 10.0. The Morgan fingerprint density at radius 3 is 2.00 bits per heavy atom. The molecule has 0 aliphatic heterocycles. The molecule has 0 atom stereocenters. The molecular formula is C15H16O2. The van der Waals surface area contributed by atoms with E-state index in [0.29, 0.717) is 5.75 Å². The van der Waals surface area contributed by atoms with Crippen LogP contribution in [0.4, 0.5) is 0 Å². The van der Waals surface area contributed by atoms with Crippen molar-refractivity contribution in [3.8, 4) is 22.6 Å². The van der Waals surface area contributed by atoms with Gasteiger partial charge in [0.15, 0.2) is 0 Å². The van der Waals surface area contributed by atoms with E-state index in [1.54, 1.807) is 12.1 Å². The van der Waals surface area contributed by atoms with Gasteiger partial charge in [0, 0.05) is 0 Å². The molecule has 0 aromatic heterocycles. The Labute approximate surface area is 101 Å². The highest BCUT2D eigenvalue weighted by molar-refractivity contribution is 5.72. The third-order valence-corrected chi connectivity index (χ3v) is 3.25. The topological polar surface area (TPSA) is 40.5 Å². The predicted molar refractivity (Wildman–Crippen MR) is 69.4 cm³/mol. The summed E-state index contributed by atoms with van der Waals surface area (Å²) in [5.74, 6) is 0.604. The summed E-state index contributed by atoms with van der Waals surface area (Å²) in [6, 6.07) is 9.08. The molecule has 0 aliphatic rings. The van der Waals surface area contributed by atoms with Crippen molar-refractivity contribution in [2.45, 2.75) is 20.8 Å². The molecule has 0 unspecified atom stereocenters. The van der Waals surface area contributed by atoms with Crippen molar-refractivity contribution < 1.29 is 10.2 Å². The second-order valence-electron chi connectivity index (χ2n) is 4.39. The van der Waals surface area contributed by atoms with E-state index in [1.807, 2.05) is 32.9 Å². The van der Waals surface area contributed by atoms with E-state index in [0.717, 1.165) is 27.8 Å². The summed E-state index contributed by atoms with van der Waals surface area (Å²) in [7, 11) is 0. The minimum atomic E-state index is 0.249. The second-order valence-corrected chi connectivity index (χ2v) is 4.39. The van der Waals surface area contributed by atoms with Crippen molar-refractivity contribution in [1.29, 1.82) is 0 Å². The number of hydrogen-bond donors (Lipinski definition) is 2. The van der Waals surface area contributed by atoms with Gasteiger partial charge in [-0.25, -0.2) is 0 Å². The lowest BCUT2D eigenvalue weighted by atomic mass is 9.94. The van der Waals surface area contributed by atoms with E-state index in [4.69, 9.17) is 0 Å². The first-order valence-corrected chi connectivity index (χ1v) is 5.60. The van der Waals surface area contributed by atoms with E-state index in [2.05, 4.69) is 6.07 Å². The van der Waals surface area contributed by atoms with Crippen LogP contribution in [-0.4, -0.2) is 10.2 Å².